The molecule has 2 rings (SSSR count). The molecule has 0 aliphatic rings. The topological polar surface area (TPSA) is 41.1 Å². The highest BCUT2D eigenvalue weighted by molar-refractivity contribution is 5.61. The Morgan fingerprint density at radius 3 is 2.63 bits per heavy atom. The van der Waals surface area contributed by atoms with Gasteiger partial charge in [-0.05, 0) is 37.6 Å². The zero-order chi connectivity index (χ0) is 13.8. The Balaban J connectivity index is 2.09. The number of anilines is 2. The third-order valence-electron chi connectivity index (χ3n) is 3.00. The van der Waals surface area contributed by atoms with Gasteiger partial charge >= 0.3 is 0 Å². The molecule has 0 aliphatic carbocycles. The van der Waals surface area contributed by atoms with E-state index >= 15 is 0 Å². The van der Waals surface area contributed by atoms with Gasteiger partial charge in [0.1, 0.15) is 5.82 Å². The first kappa shape index (κ1) is 13.3. The van der Waals surface area contributed by atoms with Crippen LogP contribution in [-0.2, 0) is 6.54 Å². The average Bonchev–Trinajstić information content (AvgIpc) is 2.37. The first-order chi connectivity index (χ1) is 9.06. The van der Waals surface area contributed by atoms with E-state index in [9.17, 15) is 0 Å². The molecule has 0 bridgehead atoms. The van der Waals surface area contributed by atoms with Gasteiger partial charge in [-0.25, -0.2) is 9.97 Å². The Hall–Kier alpha value is -2.10. The van der Waals surface area contributed by atoms with Gasteiger partial charge < -0.3 is 10.2 Å². The van der Waals surface area contributed by atoms with Crippen LogP contribution in [0.3, 0.4) is 0 Å². The molecule has 0 unspecified atom stereocenters. The molecule has 0 radical (unpaired) electrons. The molecule has 19 heavy (non-hydrogen) atoms. The summed E-state index contributed by atoms with van der Waals surface area (Å²) in [5, 5.41) is 3.39. The summed E-state index contributed by atoms with van der Waals surface area (Å²) in [4.78, 5) is 10.6. The fourth-order valence-electron chi connectivity index (χ4n) is 2.00. The minimum absolute atomic E-state index is 0.708. The van der Waals surface area contributed by atoms with Crippen LogP contribution in [0.4, 0.5) is 11.4 Å². The van der Waals surface area contributed by atoms with E-state index in [4.69, 9.17) is 0 Å². The zero-order valence-corrected chi connectivity index (χ0v) is 11.9. The van der Waals surface area contributed by atoms with E-state index in [1.54, 1.807) is 6.20 Å². The lowest BCUT2D eigenvalue weighted by atomic mass is 10.1. The molecule has 0 saturated carbocycles. The number of aryl methyl sites for hydroxylation is 2. The summed E-state index contributed by atoms with van der Waals surface area (Å²) in [6.07, 6.45) is 1.79. The summed E-state index contributed by atoms with van der Waals surface area (Å²) in [7, 11) is 4.11. The first-order valence-corrected chi connectivity index (χ1v) is 6.36. The van der Waals surface area contributed by atoms with Crippen molar-refractivity contribution in [3.05, 3.63) is 47.5 Å². The number of rotatable bonds is 4. The van der Waals surface area contributed by atoms with Crippen LogP contribution < -0.4 is 10.2 Å². The molecule has 0 amide bonds. The van der Waals surface area contributed by atoms with Crippen LogP contribution in [0.15, 0.2) is 30.5 Å². The van der Waals surface area contributed by atoms with Gasteiger partial charge in [0.05, 0.1) is 12.2 Å². The van der Waals surface area contributed by atoms with Gasteiger partial charge in [-0.3, -0.25) is 0 Å². The van der Waals surface area contributed by atoms with Crippen molar-refractivity contribution in [3.8, 4) is 0 Å². The second-order valence-electron chi connectivity index (χ2n) is 4.84. The lowest BCUT2D eigenvalue weighted by Crippen LogP contribution is -2.11. The fourth-order valence-corrected chi connectivity index (χ4v) is 2.00. The molecule has 0 fully saturated rings. The normalized spacial score (nSPS) is 10.3. The Labute approximate surface area is 114 Å². The number of hydrogen-bond acceptors (Lipinski definition) is 4. The van der Waals surface area contributed by atoms with Gasteiger partial charge in [-0.15, -0.1) is 0 Å². The molecule has 4 nitrogen and oxygen atoms in total. The van der Waals surface area contributed by atoms with E-state index in [0.29, 0.717) is 6.54 Å². The largest absolute Gasteiger partial charge is 0.379 e. The highest BCUT2D eigenvalue weighted by Crippen LogP contribution is 2.22. The van der Waals surface area contributed by atoms with Crippen LogP contribution >= 0.6 is 0 Å². The number of nitrogens with zero attached hydrogens (tertiary/aromatic N) is 3. The average molecular weight is 256 g/mol. The van der Waals surface area contributed by atoms with Crippen molar-refractivity contribution in [2.45, 2.75) is 20.4 Å². The molecule has 4 heteroatoms. The minimum atomic E-state index is 0.708. The summed E-state index contributed by atoms with van der Waals surface area (Å²) in [6.45, 7) is 4.73. The summed E-state index contributed by atoms with van der Waals surface area (Å²) < 4.78 is 0. The van der Waals surface area contributed by atoms with Gasteiger partial charge in [0.2, 0.25) is 0 Å². The van der Waals surface area contributed by atoms with Crippen molar-refractivity contribution in [2.24, 2.45) is 0 Å². The molecule has 1 aromatic heterocycles. The number of hydrogen-bond donors (Lipinski definition) is 1. The zero-order valence-electron chi connectivity index (χ0n) is 11.9. The van der Waals surface area contributed by atoms with Crippen molar-refractivity contribution in [1.82, 2.24) is 9.97 Å². The van der Waals surface area contributed by atoms with Gasteiger partial charge in [0.25, 0.3) is 0 Å². The van der Waals surface area contributed by atoms with Gasteiger partial charge in [0.15, 0.2) is 0 Å². The number of benzene rings is 1. The first-order valence-electron chi connectivity index (χ1n) is 6.36. The number of aromatic nitrogens is 2. The van der Waals surface area contributed by atoms with Crippen molar-refractivity contribution in [1.29, 1.82) is 0 Å². The van der Waals surface area contributed by atoms with E-state index < -0.39 is 0 Å². The van der Waals surface area contributed by atoms with Crippen molar-refractivity contribution < 1.29 is 0 Å². The van der Waals surface area contributed by atoms with E-state index in [2.05, 4.69) is 59.4 Å². The summed E-state index contributed by atoms with van der Waals surface area (Å²) in [5.41, 5.74) is 4.60. The Morgan fingerprint density at radius 2 is 1.95 bits per heavy atom. The SMILES string of the molecule is Cc1nccc(CNc2ccc(C)c(N(C)C)c2)n1. The predicted molar refractivity (Wildman–Crippen MR) is 79.6 cm³/mol. The Kier molecular flexibility index (Phi) is 4.00. The maximum Gasteiger partial charge on any atom is 0.125 e. The Bertz CT molecular complexity index is 564. The highest BCUT2D eigenvalue weighted by Gasteiger charge is 2.03. The Morgan fingerprint density at radius 1 is 1.16 bits per heavy atom. The van der Waals surface area contributed by atoms with Crippen LogP contribution in [0.25, 0.3) is 0 Å². The van der Waals surface area contributed by atoms with E-state index in [1.807, 2.05) is 13.0 Å². The van der Waals surface area contributed by atoms with Crippen LogP contribution in [0.5, 0.6) is 0 Å². The third-order valence-corrected chi connectivity index (χ3v) is 3.00. The van der Waals surface area contributed by atoms with Gasteiger partial charge in [0, 0.05) is 31.7 Å². The van der Waals surface area contributed by atoms with Crippen molar-refractivity contribution in [3.63, 3.8) is 0 Å². The fraction of sp³-hybridized carbons (Fsp3) is 0.333. The summed E-state index contributed by atoms with van der Waals surface area (Å²) in [5.74, 6) is 0.803. The molecule has 1 N–H and O–H groups in total. The van der Waals surface area contributed by atoms with Crippen LogP contribution in [0.2, 0.25) is 0 Å². The van der Waals surface area contributed by atoms with E-state index in [0.717, 1.165) is 17.2 Å². The smallest absolute Gasteiger partial charge is 0.125 e. The second-order valence-corrected chi connectivity index (χ2v) is 4.84. The van der Waals surface area contributed by atoms with Crippen LogP contribution in [-0.4, -0.2) is 24.1 Å². The highest BCUT2D eigenvalue weighted by atomic mass is 15.1. The molecular weight excluding hydrogens is 236 g/mol. The molecule has 2 aromatic rings. The van der Waals surface area contributed by atoms with Gasteiger partial charge in [-0.1, -0.05) is 6.07 Å². The van der Waals surface area contributed by atoms with Crippen molar-refractivity contribution >= 4 is 11.4 Å². The molecule has 0 spiro atoms. The maximum atomic E-state index is 4.38. The molecule has 1 heterocycles. The van der Waals surface area contributed by atoms with Crippen molar-refractivity contribution in [2.75, 3.05) is 24.3 Å². The van der Waals surface area contributed by atoms with Crippen LogP contribution in [0.1, 0.15) is 17.1 Å². The monoisotopic (exact) mass is 256 g/mol. The molecule has 0 atom stereocenters. The van der Waals surface area contributed by atoms with Gasteiger partial charge in [-0.2, -0.15) is 0 Å². The molecule has 100 valence electrons. The molecule has 0 saturated heterocycles. The minimum Gasteiger partial charge on any atom is -0.379 e. The third kappa shape index (κ3) is 3.44. The van der Waals surface area contributed by atoms with E-state index in [1.165, 1.54) is 11.3 Å². The maximum absolute atomic E-state index is 4.38. The quantitative estimate of drug-likeness (QED) is 0.913. The predicted octanol–water partition coefficient (Wildman–Crippen LogP) is 2.77. The molecule has 1 aromatic carbocycles. The molecule has 0 aliphatic heterocycles. The molecular formula is C15H20N4. The lowest BCUT2D eigenvalue weighted by molar-refractivity contribution is 0.955. The summed E-state index contributed by atoms with van der Waals surface area (Å²) in [6, 6.07) is 8.31. The van der Waals surface area contributed by atoms with E-state index in [-0.39, 0.29) is 0 Å². The summed E-state index contributed by atoms with van der Waals surface area (Å²) >= 11 is 0. The second kappa shape index (κ2) is 5.69. The lowest BCUT2D eigenvalue weighted by Gasteiger charge is -2.17. The van der Waals surface area contributed by atoms with Crippen LogP contribution in [0, 0.1) is 13.8 Å². The standard InChI is InChI=1S/C15H20N4/c1-11-5-6-13(9-15(11)19(3)4)17-10-14-7-8-16-12(2)18-14/h5-9,17H,10H2,1-4H3. The number of nitrogens with one attached hydrogen (secondary N) is 1.